The van der Waals surface area contributed by atoms with Crippen molar-refractivity contribution >= 4 is 95.1 Å². The molecule has 0 aliphatic rings. The SMILES string of the molecule is CCCOC(=O)Nc1ccc(-c2c(C#N)c3cc(Cl)ccc3n2CC)cc1.CCCn1c(-c2ccc(NS(=O)(=O)CCC)cc2)c(C#N)c2ccc(OC)cc21.CCNC(=O)Nc1ccc(-c2c(C#N)c3cc(Cl)ccc3n2CC)cc1. The number of sulfonamides is 1. The molecule has 0 radical (unpaired) electrons. The third-order valence-corrected chi connectivity index (χ3v) is 15.2. The summed E-state index contributed by atoms with van der Waals surface area (Å²) in [6, 6.07) is 45.7. The number of nitrogens with one attached hydrogen (secondary N) is 4. The molecule has 9 rings (SSSR count). The van der Waals surface area contributed by atoms with Crippen molar-refractivity contribution in [2.24, 2.45) is 0 Å². The number of carbonyl (C=O) groups is 2. The maximum absolute atomic E-state index is 12.0. The van der Waals surface area contributed by atoms with E-state index in [1.165, 1.54) is 0 Å². The van der Waals surface area contributed by atoms with Gasteiger partial charge in [-0.15, -0.1) is 0 Å². The van der Waals surface area contributed by atoms with Crippen molar-refractivity contribution < 1.29 is 27.5 Å². The zero-order valence-electron chi connectivity index (χ0n) is 46.8. The molecule has 0 fully saturated rings. The van der Waals surface area contributed by atoms with Crippen LogP contribution in [0.15, 0.2) is 127 Å². The van der Waals surface area contributed by atoms with E-state index in [2.05, 4.69) is 59.5 Å². The molecule has 82 heavy (non-hydrogen) atoms. The molecule has 16 nitrogen and oxygen atoms in total. The van der Waals surface area contributed by atoms with Crippen LogP contribution in [0.25, 0.3) is 66.5 Å². The largest absolute Gasteiger partial charge is 0.497 e. The van der Waals surface area contributed by atoms with Crippen molar-refractivity contribution in [3.05, 3.63) is 154 Å². The molecule has 0 spiro atoms. The molecule has 0 atom stereocenters. The molecule has 3 amide bonds. The standard InChI is InChI=1S/C22H25N3O3S.C21H20ClN3O2.C20H19ClN4O/c1-4-12-25-21-14-18(28-3)10-11-19(21)20(15-23)22(25)16-6-8-17(9-7-16)24-29(26,27)13-5-2;1-3-11-27-21(26)24-16-8-5-14(6-9-16)20-18(13-23)17-12-15(22)7-10-19(17)25(20)4-2;1-3-23-20(26)24-15-8-5-13(6-9-15)19-17(12-22)16-11-14(21)7-10-18(16)25(19)4-2/h6-11,14,24H,4-5,12-13H2,1-3H3;5-10,12H,3-4,11H2,1-2H3,(H,24,26);5-11H,3-4H2,1-2H3,(H2,23,24,26). The third-order valence-electron chi connectivity index (χ3n) is 13.2. The van der Waals surface area contributed by atoms with E-state index in [0.29, 0.717) is 63.4 Å². The number of aromatic nitrogens is 3. The van der Waals surface area contributed by atoms with Crippen molar-refractivity contribution in [2.75, 3.05) is 41.4 Å². The molecule has 0 unspecified atom stereocenters. The number of methoxy groups -OCH3 is 1. The number of carbonyl (C=O) groups excluding carboxylic acids is 2. The fourth-order valence-electron chi connectivity index (χ4n) is 9.77. The molecule has 0 aliphatic carbocycles. The number of aryl methyl sites for hydroxylation is 3. The lowest BCUT2D eigenvalue weighted by atomic mass is 10.1. The highest BCUT2D eigenvalue weighted by atomic mass is 35.5. The average Bonchev–Trinajstić information content (AvgIpc) is 4.02. The van der Waals surface area contributed by atoms with Crippen molar-refractivity contribution in [2.45, 2.75) is 80.4 Å². The van der Waals surface area contributed by atoms with E-state index >= 15 is 0 Å². The van der Waals surface area contributed by atoms with Crippen LogP contribution < -0.4 is 25.4 Å². The van der Waals surface area contributed by atoms with Crippen LogP contribution in [-0.2, 0) is 34.4 Å². The predicted molar refractivity (Wildman–Crippen MR) is 330 cm³/mol. The van der Waals surface area contributed by atoms with Gasteiger partial charge in [-0.1, -0.05) is 80.4 Å². The van der Waals surface area contributed by atoms with E-state index in [4.69, 9.17) is 32.7 Å². The fourth-order valence-corrected chi connectivity index (χ4v) is 11.2. The Bertz CT molecular complexity index is 4000. The van der Waals surface area contributed by atoms with Crippen LogP contribution in [-0.4, -0.2) is 60.3 Å². The lowest BCUT2D eigenvalue weighted by molar-refractivity contribution is 0.161. The Morgan fingerprint density at radius 3 is 1.46 bits per heavy atom. The lowest BCUT2D eigenvalue weighted by Gasteiger charge is -2.12. The smallest absolute Gasteiger partial charge is 0.411 e. The van der Waals surface area contributed by atoms with Gasteiger partial charge in [-0.05, 0) is 142 Å². The predicted octanol–water partition coefficient (Wildman–Crippen LogP) is 15.6. The van der Waals surface area contributed by atoms with Gasteiger partial charge in [0.15, 0.2) is 0 Å². The van der Waals surface area contributed by atoms with Gasteiger partial charge in [0.05, 0.1) is 58.8 Å². The van der Waals surface area contributed by atoms with Crippen LogP contribution in [0.5, 0.6) is 5.75 Å². The Morgan fingerprint density at radius 2 is 1.02 bits per heavy atom. The molecule has 0 bridgehead atoms. The van der Waals surface area contributed by atoms with Crippen LogP contribution in [0.3, 0.4) is 0 Å². The maximum Gasteiger partial charge on any atom is 0.411 e. The molecule has 9 aromatic rings. The molecule has 4 N–H and O–H groups in total. The van der Waals surface area contributed by atoms with Gasteiger partial charge < -0.3 is 33.8 Å². The molecule has 3 heterocycles. The second-order valence-electron chi connectivity index (χ2n) is 18.8. The van der Waals surface area contributed by atoms with Gasteiger partial charge in [-0.3, -0.25) is 10.0 Å². The van der Waals surface area contributed by atoms with E-state index in [1.807, 2.05) is 138 Å². The highest BCUT2D eigenvalue weighted by Crippen LogP contribution is 2.39. The first-order valence-electron chi connectivity index (χ1n) is 27.0. The second kappa shape index (κ2) is 28.0. The molecular formula is C63H64Cl2N10O6S. The zero-order valence-corrected chi connectivity index (χ0v) is 49.1. The minimum atomic E-state index is -3.34. The van der Waals surface area contributed by atoms with Gasteiger partial charge in [-0.25, -0.2) is 18.0 Å². The summed E-state index contributed by atoms with van der Waals surface area (Å²) in [7, 11) is -1.72. The van der Waals surface area contributed by atoms with Gasteiger partial charge >= 0.3 is 12.1 Å². The molecular weight excluding hydrogens is 1100 g/mol. The molecule has 6 aromatic carbocycles. The van der Waals surface area contributed by atoms with Gasteiger partial charge in [0.1, 0.15) is 24.0 Å². The van der Waals surface area contributed by atoms with E-state index < -0.39 is 16.1 Å². The topological polar surface area (TPSA) is 221 Å². The minimum absolute atomic E-state index is 0.0832. The summed E-state index contributed by atoms with van der Waals surface area (Å²) in [6.07, 6.45) is 1.77. The Kier molecular flexibility index (Phi) is 20.7. The van der Waals surface area contributed by atoms with Crippen molar-refractivity contribution in [1.82, 2.24) is 19.0 Å². The molecule has 0 saturated carbocycles. The van der Waals surface area contributed by atoms with Crippen LogP contribution in [0.2, 0.25) is 10.0 Å². The average molecular weight is 1160 g/mol. The number of anilines is 3. The molecule has 0 saturated heterocycles. The van der Waals surface area contributed by atoms with Crippen LogP contribution in [0, 0.1) is 34.0 Å². The van der Waals surface area contributed by atoms with Gasteiger partial charge in [0.25, 0.3) is 0 Å². The molecule has 0 aliphatic heterocycles. The Labute approximate surface area is 488 Å². The van der Waals surface area contributed by atoms with Crippen LogP contribution in [0.1, 0.15) is 77.5 Å². The number of amides is 3. The highest BCUT2D eigenvalue weighted by molar-refractivity contribution is 7.92. The number of rotatable bonds is 17. The van der Waals surface area contributed by atoms with Crippen molar-refractivity contribution in [3.63, 3.8) is 0 Å². The monoisotopic (exact) mass is 1160 g/mol. The van der Waals surface area contributed by atoms with Gasteiger partial charge in [-0.2, -0.15) is 15.8 Å². The zero-order chi connectivity index (χ0) is 59.1. The summed E-state index contributed by atoms with van der Waals surface area (Å²) in [6.45, 7) is 15.0. The van der Waals surface area contributed by atoms with E-state index in [1.54, 1.807) is 31.4 Å². The van der Waals surface area contributed by atoms with Crippen LogP contribution >= 0.6 is 23.2 Å². The number of benzene rings is 6. The number of nitrogens with zero attached hydrogens (tertiary/aromatic N) is 6. The summed E-state index contributed by atoms with van der Waals surface area (Å²) >= 11 is 12.3. The first-order valence-corrected chi connectivity index (χ1v) is 29.4. The molecule has 19 heteroatoms. The van der Waals surface area contributed by atoms with Gasteiger partial charge in [0.2, 0.25) is 10.0 Å². The van der Waals surface area contributed by atoms with Crippen molar-refractivity contribution in [1.29, 1.82) is 15.8 Å². The summed E-state index contributed by atoms with van der Waals surface area (Å²) in [4.78, 5) is 23.3. The number of nitriles is 3. The Hall–Kier alpha value is -8.92. The lowest BCUT2D eigenvalue weighted by Crippen LogP contribution is -2.28. The van der Waals surface area contributed by atoms with Gasteiger partial charge in [0, 0.05) is 86.5 Å². The number of hydrogen-bond acceptors (Lipinski definition) is 9. The first-order chi connectivity index (χ1) is 39.6. The number of ether oxygens (including phenoxy) is 2. The summed E-state index contributed by atoms with van der Waals surface area (Å²) in [5.41, 5.74) is 11.8. The summed E-state index contributed by atoms with van der Waals surface area (Å²) < 4.78 is 43.3. The quantitative estimate of drug-likeness (QED) is 0.0680. The third kappa shape index (κ3) is 13.8. The maximum atomic E-state index is 12.0. The number of halogens is 2. The Morgan fingerprint density at radius 1 is 0.549 bits per heavy atom. The minimum Gasteiger partial charge on any atom is -0.497 e. The highest BCUT2D eigenvalue weighted by Gasteiger charge is 2.22. The number of urea groups is 1. The summed E-state index contributed by atoms with van der Waals surface area (Å²) in [5, 5.41) is 41.3. The normalized spacial score (nSPS) is 10.9. The van der Waals surface area contributed by atoms with E-state index in [-0.39, 0.29) is 11.8 Å². The van der Waals surface area contributed by atoms with E-state index in [0.717, 1.165) is 105 Å². The Balaban J connectivity index is 0.000000177. The first kappa shape index (κ1) is 60.7. The molecule has 422 valence electrons. The number of fused-ring (bicyclic) bond motifs is 3. The molecule has 3 aromatic heterocycles. The van der Waals surface area contributed by atoms with E-state index in [9.17, 15) is 33.8 Å². The van der Waals surface area contributed by atoms with Crippen LogP contribution in [0.4, 0.5) is 26.7 Å². The number of hydrogen-bond donors (Lipinski definition) is 4. The summed E-state index contributed by atoms with van der Waals surface area (Å²) in [5.74, 6) is 0.823. The fraction of sp³-hybridized carbons (Fsp3) is 0.254. The second-order valence-corrected chi connectivity index (χ2v) is 21.5. The van der Waals surface area contributed by atoms with Crippen molar-refractivity contribution in [3.8, 4) is 57.7 Å².